The number of nitrogens with one attached hydrogen (secondary N) is 3. The van der Waals surface area contributed by atoms with Crippen molar-refractivity contribution in [3.63, 3.8) is 0 Å². The van der Waals surface area contributed by atoms with Gasteiger partial charge in [-0.3, -0.25) is 9.59 Å². The standard InChI is InChI=1S/C29H30F3N3O5/c1-2-3-4-19-5-7-20(8-6-19)26(21-9-11-22(12-10-21)27(38)33-18-17-25(36)37)35-28(39)34-23-13-15-24(16-14-23)40-29(30,31)32/h5-16,26H,2-4,17-18H2,1H3,(H,33,38)(H,36,37)(H2,34,35,39). The van der Waals surface area contributed by atoms with Crippen molar-refractivity contribution in [2.75, 3.05) is 11.9 Å². The molecule has 3 aromatic carbocycles. The van der Waals surface area contributed by atoms with Crippen molar-refractivity contribution >= 4 is 23.6 Å². The molecular formula is C29H30F3N3O5. The van der Waals surface area contributed by atoms with Crippen molar-refractivity contribution in [3.8, 4) is 5.75 Å². The number of rotatable bonds is 12. The molecule has 0 fully saturated rings. The molecule has 0 aliphatic rings. The summed E-state index contributed by atoms with van der Waals surface area (Å²) in [5.41, 5.74) is 3.20. The molecule has 3 aromatic rings. The number of ether oxygens (including phenoxy) is 1. The summed E-state index contributed by atoms with van der Waals surface area (Å²) in [7, 11) is 0. The molecular weight excluding hydrogens is 527 g/mol. The summed E-state index contributed by atoms with van der Waals surface area (Å²) in [6, 6.07) is 17.9. The molecule has 4 N–H and O–H groups in total. The van der Waals surface area contributed by atoms with Gasteiger partial charge < -0.3 is 25.8 Å². The number of carbonyl (C=O) groups excluding carboxylic acids is 2. The Morgan fingerprint density at radius 3 is 2.05 bits per heavy atom. The van der Waals surface area contributed by atoms with E-state index in [1.165, 1.54) is 12.1 Å². The van der Waals surface area contributed by atoms with Crippen molar-refractivity contribution < 1.29 is 37.4 Å². The molecule has 1 unspecified atom stereocenters. The first-order valence-electron chi connectivity index (χ1n) is 12.7. The normalized spacial score (nSPS) is 11.8. The molecule has 212 valence electrons. The maximum absolute atomic E-state index is 12.9. The monoisotopic (exact) mass is 557 g/mol. The number of unbranched alkanes of at least 4 members (excludes halogenated alkanes) is 1. The number of carbonyl (C=O) groups is 3. The maximum Gasteiger partial charge on any atom is 0.573 e. The highest BCUT2D eigenvalue weighted by Gasteiger charge is 2.31. The van der Waals surface area contributed by atoms with Crippen molar-refractivity contribution in [1.82, 2.24) is 10.6 Å². The Morgan fingerprint density at radius 2 is 1.50 bits per heavy atom. The van der Waals surface area contributed by atoms with Crippen LogP contribution in [-0.4, -0.2) is 35.9 Å². The number of aliphatic carboxylic acids is 1. The van der Waals surface area contributed by atoms with E-state index in [2.05, 4.69) is 27.6 Å². The molecule has 0 bridgehead atoms. The van der Waals surface area contributed by atoms with Gasteiger partial charge in [0.15, 0.2) is 0 Å². The van der Waals surface area contributed by atoms with Gasteiger partial charge in [0, 0.05) is 17.8 Å². The van der Waals surface area contributed by atoms with E-state index in [1.54, 1.807) is 24.3 Å². The summed E-state index contributed by atoms with van der Waals surface area (Å²) in [4.78, 5) is 35.9. The van der Waals surface area contributed by atoms with Gasteiger partial charge in [-0.25, -0.2) is 4.79 Å². The van der Waals surface area contributed by atoms with Gasteiger partial charge in [-0.05, 0) is 65.9 Å². The zero-order valence-electron chi connectivity index (χ0n) is 21.8. The smallest absolute Gasteiger partial charge is 0.481 e. The summed E-state index contributed by atoms with van der Waals surface area (Å²) < 4.78 is 41.1. The molecule has 3 rings (SSSR count). The number of benzene rings is 3. The number of urea groups is 1. The van der Waals surface area contributed by atoms with E-state index in [0.29, 0.717) is 11.1 Å². The lowest BCUT2D eigenvalue weighted by atomic mass is 9.96. The number of aryl methyl sites for hydroxylation is 1. The van der Waals surface area contributed by atoms with Crippen LogP contribution in [0.1, 0.15) is 59.3 Å². The molecule has 0 spiro atoms. The quantitative estimate of drug-likeness (QED) is 0.217. The Labute approximate surface area is 229 Å². The average molecular weight is 558 g/mol. The number of halogens is 3. The van der Waals surface area contributed by atoms with Crippen LogP contribution in [-0.2, 0) is 11.2 Å². The minimum atomic E-state index is -4.82. The fourth-order valence-electron chi connectivity index (χ4n) is 3.87. The van der Waals surface area contributed by atoms with E-state index in [1.807, 2.05) is 24.3 Å². The van der Waals surface area contributed by atoms with Gasteiger partial charge in [0.25, 0.3) is 5.91 Å². The zero-order chi connectivity index (χ0) is 29.1. The molecule has 0 saturated carbocycles. The van der Waals surface area contributed by atoms with Gasteiger partial charge in [0.2, 0.25) is 0 Å². The van der Waals surface area contributed by atoms with Gasteiger partial charge in [0.1, 0.15) is 5.75 Å². The van der Waals surface area contributed by atoms with Gasteiger partial charge in [-0.15, -0.1) is 13.2 Å². The third-order valence-electron chi connectivity index (χ3n) is 5.88. The van der Waals surface area contributed by atoms with Crippen LogP contribution in [0, 0.1) is 0 Å². The Morgan fingerprint density at radius 1 is 0.900 bits per heavy atom. The molecule has 0 aromatic heterocycles. The minimum Gasteiger partial charge on any atom is -0.481 e. The molecule has 3 amide bonds. The number of hydrogen-bond acceptors (Lipinski definition) is 4. The maximum atomic E-state index is 12.9. The highest BCUT2D eigenvalue weighted by atomic mass is 19.4. The third kappa shape index (κ3) is 9.64. The molecule has 8 nitrogen and oxygen atoms in total. The molecule has 11 heteroatoms. The van der Waals surface area contributed by atoms with Crippen LogP contribution in [0.25, 0.3) is 0 Å². The van der Waals surface area contributed by atoms with Gasteiger partial charge >= 0.3 is 18.4 Å². The fourth-order valence-corrected chi connectivity index (χ4v) is 3.87. The van der Waals surface area contributed by atoms with Crippen LogP contribution in [0.15, 0.2) is 72.8 Å². The van der Waals surface area contributed by atoms with Crippen LogP contribution < -0.4 is 20.7 Å². The first kappa shape index (κ1) is 30.0. The van der Waals surface area contributed by atoms with E-state index < -0.39 is 36.1 Å². The van der Waals surface area contributed by atoms with Crippen molar-refractivity contribution in [2.24, 2.45) is 0 Å². The zero-order valence-corrected chi connectivity index (χ0v) is 21.8. The largest absolute Gasteiger partial charge is 0.573 e. The summed E-state index contributed by atoms with van der Waals surface area (Å²) in [6.07, 6.45) is -1.98. The first-order chi connectivity index (χ1) is 19.0. The second kappa shape index (κ2) is 14.0. The van der Waals surface area contributed by atoms with E-state index in [-0.39, 0.29) is 18.7 Å². The molecule has 1 atom stereocenters. The fraction of sp³-hybridized carbons (Fsp3) is 0.276. The molecule has 0 heterocycles. The Kier molecular flexibility index (Phi) is 10.5. The van der Waals surface area contributed by atoms with E-state index in [4.69, 9.17) is 5.11 Å². The number of hydrogen-bond donors (Lipinski definition) is 4. The third-order valence-corrected chi connectivity index (χ3v) is 5.88. The van der Waals surface area contributed by atoms with Crippen LogP contribution in [0.5, 0.6) is 5.75 Å². The lowest BCUT2D eigenvalue weighted by Gasteiger charge is -2.21. The predicted molar refractivity (Wildman–Crippen MR) is 143 cm³/mol. The number of carboxylic acid groups (broad SMARTS) is 1. The van der Waals surface area contributed by atoms with Crippen molar-refractivity contribution in [2.45, 2.75) is 45.0 Å². The number of anilines is 1. The second-order valence-corrected chi connectivity index (χ2v) is 8.97. The molecule has 0 radical (unpaired) electrons. The van der Waals surface area contributed by atoms with Crippen LogP contribution >= 0.6 is 0 Å². The highest BCUT2D eigenvalue weighted by molar-refractivity contribution is 5.94. The lowest BCUT2D eigenvalue weighted by molar-refractivity contribution is -0.274. The molecule has 0 aliphatic carbocycles. The molecule has 0 aliphatic heterocycles. The van der Waals surface area contributed by atoms with Crippen LogP contribution in [0.4, 0.5) is 23.7 Å². The molecule has 0 saturated heterocycles. The summed E-state index contributed by atoms with van der Waals surface area (Å²) in [5.74, 6) is -1.85. The predicted octanol–water partition coefficient (Wildman–Crippen LogP) is 6.04. The van der Waals surface area contributed by atoms with E-state index in [9.17, 15) is 27.6 Å². The van der Waals surface area contributed by atoms with Gasteiger partial charge in [-0.1, -0.05) is 49.7 Å². The van der Waals surface area contributed by atoms with Crippen LogP contribution in [0.3, 0.4) is 0 Å². The van der Waals surface area contributed by atoms with Crippen molar-refractivity contribution in [1.29, 1.82) is 0 Å². The first-order valence-corrected chi connectivity index (χ1v) is 12.7. The van der Waals surface area contributed by atoms with E-state index in [0.717, 1.165) is 42.5 Å². The topological polar surface area (TPSA) is 117 Å². The Balaban J connectivity index is 1.76. The lowest BCUT2D eigenvalue weighted by Crippen LogP contribution is -2.33. The average Bonchev–Trinajstić information content (AvgIpc) is 2.91. The van der Waals surface area contributed by atoms with Crippen molar-refractivity contribution in [3.05, 3.63) is 95.1 Å². The second-order valence-electron chi connectivity index (χ2n) is 8.97. The highest BCUT2D eigenvalue weighted by Crippen LogP contribution is 2.26. The van der Waals surface area contributed by atoms with Gasteiger partial charge in [-0.2, -0.15) is 0 Å². The summed E-state index contributed by atoms with van der Waals surface area (Å²) in [5, 5.41) is 16.8. The van der Waals surface area contributed by atoms with E-state index >= 15 is 0 Å². The number of alkyl halides is 3. The number of amides is 3. The SMILES string of the molecule is CCCCc1ccc(C(NC(=O)Nc2ccc(OC(F)(F)F)cc2)c2ccc(C(=O)NCCC(=O)O)cc2)cc1. The summed E-state index contributed by atoms with van der Waals surface area (Å²) in [6.45, 7) is 2.11. The number of carboxylic acids is 1. The summed E-state index contributed by atoms with van der Waals surface area (Å²) >= 11 is 0. The van der Waals surface area contributed by atoms with Gasteiger partial charge in [0.05, 0.1) is 12.5 Å². The molecule has 40 heavy (non-hydrogen) atoms. The van der Waals surface area contributed by atoms with Crippen LogP contribution in [0.2, 0.25) is 0 Å². The minimum absolute atomic E-state index is 0.00599. The Bertz CT molecular complexity index is 1280. The Hall–Kier alpha value is -4.54.